The van der Waals surface area contributed by atoms with Gasteiger partial charge in [0.2, 0.25) is 0 Å². The van der Waals surface area contributed by atoms with E-state index in [1.807, 2.05) is 24.3 Å². The van der Waals surface area contributed by atoms with E-state index in [1.54, 1.807) is 21.3 Å². The Balaban J connectivity index is 2.58. The van der Waals surface area contributed by atoms with Crippen molar-refractivity contribution in [1.82, 2.24) is 0 Å². The summed E-state index contributed by atoms with van der Waals surface area (Å²) >= 11 is 3.56. The van der Waals surface area contributed by atoms with Gasteiger partial charge in [0.05, 0.1) is 11.9 Å². The maximum atomic E-state index is 5.18. The van der Waals surface area contributed by atoms with Crippen molar-refractivity contribution < 1.29 is 14.2 Å². The topological polar surface area (TPSA) is 27.7 Å². The fourth-order valence-electron chi connectivity index (χ4n) is 1.47. The van der Waals surface area contributed by atoms with Crippen molar-refractivity contribution in [3.63, 3.8) is 0 Å². The number of ether oxygens (including phenoxy) is 3. The Morgan fingerprint density at radius 1 is 1.06 bits per heavy atom. The van der Waals surface area contributed by atoms with E-state index < -0.39 is 0 Å². The van der Waals surface area contributed by atoms with E-state index in [-0.39, 0.29) is 11.1 Å². The molecule has 0 aliphatic rings. The van der Waals surface area contributed by atoms with Gasteiger partial charge in [0.1, 0.15) is 5.75 Å². The van der Waals surface area contributed by atoms with E-state index in [0.717, 1.165) is 12.2 Å². The Bertz CT molecular complexity index is 296. The summed E-state index contributed by atoms with van der Waals surface area (Å²) in [7, 11) is 4.93. The monoisotopic (exact) mass is 288 g/mol. The molecule has 0 amide bonds. The molecule has 0 saturated carbocycles. The van der Waals surface area contributed by atoms with Gasteiger partial charge in [-0.3, -0.25) is 0 Å². The third kappa shape index (κ3) is 3.77. The van der Waals surface area contributed by atoms with E-state index in [0.29, 0.717) is 0 Å². The predicted octanol–water partition coefficient (Wildman–Crippen LogP) is 2.62. The molecular formula is C12H17BrO3. The van der Waals surface area contributed by atoms with Crippen molar-refractivity contribution in [2.24, 2.45) is 0 Å². The third-order valence-corrected chi connectivity index (χ3v) is 3.11. The summed E-state index contributed by atoms with van der Waals surface area (Å²) in [6.45, 7) is 0. The third-order valence-electron chi connectivity index (χ3n) is 2.35. The van der Waals surface area contributed by atoms with Crippen molar-refractivity contribution in [3.8, 4) is 5.75 Å². The number of hydrogen-bond acceptors (Lipinski definition) is 3. The number of benzene rings is 1. The van der Waals surface area contributed by atoms with Gasteiger partial charge in [0, 0.05) is 14.2 Å². The van der Waals surface area contributed by atoms with Gasteiger partial charge >= 0.3 is 0 Å². The molecule has 0 aromatic heterocycles. The fourth-order valence-corrected chi connectivity index (χ4v) is 2.28. The first-order chi connectivity index (χ1) is 7.71. The smallest absolute Gasteiger partial charge is 0.169 e. The Kier molecular flexibility index (Phi) is 5.80. The van der Waals surface area contributed by atoms with Crippen LogP contribution in [0.5, 0.6) is 5.75 Å². The highest BCUT2D eigenvalue weighted by Crippen LogP contribution is 2.18. The van der Waals surface area contributed by atoms with Crippen molar-refractivity contribution in [2.75, 3.05) is 21.3 Å². The molecular weight excluding hydrogens is 272 g/mol. The molecule has 1 rings (SSSR count). The molecule has 16 heavy (non-hydrogen) atoms. The van der Waals surface area contributed by atoms with Crippen LogP contribution in [0.1, 0.15) is 5.56 Å². The molecule has 4 heteroatoms. The van der Waals surface area contributed by atoms with Gasteiger partial charge < -0.3 is 14.2 Å². The summed E-state index contributed by atoms with van der Waals surface area (Å²) in [5, 5.41) is 0. The van der Waals surface area contributed by atoms with Crippen LogP contribution < -0.4 is 4.74 Å². The minimum Gasteiger partial charge on any atom is -0.497 e. The van der Waals surface area contributed by atoms with Gasteiger partial charge in [0.15, 0.2) is 6.29 Å². The second-order valence-corrected chi connectivity index (χ2v) is 4.58. The van der Waals surface area contributed by atoms with Crippen LogP contribution in [0.15, 0.2) is 24.3 Å². The maximum absolute atomic E-state index is 5.18. The summed E-state index contributed by atoms with van der Waals surface area (Å²) in [4.78, 5) is 0.135. The molecule has 0 fully saturated rings. The van der Waals surface area contributed by atoms with Gasteiger partial charge in [-0.05, 0) is 24.1 Å². The summed E-state index contributed by atoms with van der Waals surface area (Å²) < 4.78 is 15.5. The van der Waals surface area contributed by atoms with E-state index >= 15 is 0 Å². The lowest BCUT2D eigenvalue weighted by Gasteiger charge is -2.19. The highest BCUT2D eigenvalue weighted by atomic mass is 79.9. The number of hydrogen-bond donors (Lipinski definition) is 0. The molecule has 1 atom stereocenters. The molecule has 90 valence electrons. The van der Waals surface area contributed by atoms with Gasteiger partial charge in [-0.15, -0.1) is 0 Å². The first-order valence-corrected chi connectivity index (χ1v) is 5.95. The summed E-state index contributed by atoms with van der Waals surface area (Å²) in [6.07, 6.45) is 0.609. The first kappa shape index (κ1) is 13.5. The van der Waals surface area contributed by atoms with E-state index in [4.69, 9.17) is 14.2 Å². The maximum Gasteiger partial charge on any atom is 0.169 e. The lowest BCUT2D eigenvalue weighted by Crippen LogP contribution is -2.26. The van der Waals surface area contributed by atoms with E-state index in [1.165, 1.54) is 5.56 Å². The van der Waals surface area contributed by atoms with Crippen LogP contribution >= 0.6 is 15.9 Å². The Morgan fingerprint density at radius 3 is 2.06 bits per heavy atom. The van der Waals surface area contributed by atoms with Crippen LogP contribution in [0.3, 0.4) is 0 Å². The highest BCUT2D eigenvalue weighted by molar-refractivity contribution is 9.09. The molecule has 1 unspecified atom stereocenters. The Labute approximate surface area is 105 Å². The Hall–Kier alpha value is -0.580. The van der Waals surface area contributed by atoms with Gasteiger partial charge in [0.25, 0.3) is 0 Å². The zero-order valence-corrected chi connectivity index (χ0v) is 11.4. The van der Waals surface area contributed by atoms with Gasteiger partial charge in [-0.2, -0.15) is 0 Å². The van der Waals surface area contributed by atoms with Crippen molar-refractivity contribution in [1.29, 1.82) is 0 Å². The lowest BCUT2D eigenvalue weighted by atomic mass is 10.1. The molecule has 0 heterocycles. The zero-order chi connectivity index (χ0) is 12.0. The van der Waals surface area contributed by atoms with Crippen LogP contribution in [0.25, 0.3) is 0 Å². The normalized spacial score (nSPS) is 12.8. The average molecular weight is 289 g/mol. The van der Waals surface area contributed by atoms with Crippen LogP contribution in [0.2, 0.25) is 0 Å². The lowest BCUT2D eigenvalue weighted by molar-refractivity contribution is -0.100. The SMILES string of the molecule is COc1ccc(CC(Br)C(OC)OC)cc1. The van der Waals surface area contributed by atoms with Gasteiger partial charge in [-0.1, -0.05) is 28.1 Å². The average Bonchev–Trinajstić information content (AvgIpc) is 2.31. The number of alkyl halides is 1. The van der Waals surface area contributed by atoms with Crippen LogP contribution in [0, 0.1) is 0 Å². The van der Waals surface area contributed by atoms with Crippen molar-refractivity contribution in [2.45, 2.75) is 17.5 Å². The summed E-state index contributed by atoms with van der Waals surface area (Å²) in [5.41, 5.74) is 1.21. The molecule has 0 spiro atoms. The predicted molar refractivity (Wildman–Crippen MR) is 67.2 cm³/mol. The van der Waals surface area contributed by atoms with Crippen molar-refractivity contribution in [3.05, 3.63) is 29.8 Å². The fraction of sp³-hybridized carbons (Fsp3) is 0.500. The molecule has 0 aliphatic carbocycles. The first-order valence-electron chi connectivity index (χ1n) is 5.03. The highest BCUT2D eigenvalue weighted by Gasteiger charge is 2.17. The minimum atomic E-state index is -0.234. The molecule has 0 aliphatic heterocycles. The number of halogens is 1. The number of methoxy groups -OCH3 is 3. The second kappa shape index (κ2) is 6.89. The van der Waals surface area contributed by atoms with Crippen LogP contribution in [0.4, 0.5) is 0 Å². The van der Waals surface area contributed by atoms with Gasteiger partial charge in [-0.25, -0.2) is 0 Å². The molecule has 0 N–H and O–H groups in total. The largest absolute Gasteiger partial charge is 0.497 e. The van der Waals surface area contributed by atoms with Crippen LogP contribution in [-0.2, 0) is 15.9 Å². The minimum absolute atomic E-state index is 0.135. The summed E-state index contributed by atoms with van der Waals surface area (Å²) in [5.74, 6) is 0.866. The molecule has 0 radical (unpaired) electrons. The molecule has 3 nitrogen and oxygen atoms in total. The molecule has 0 bridgehead atoms. The number of rotatable bonds is 6. The quantitative estimate of drug-likeness (QED) is 0.595. The summed E-state index contributed by atoms with van der Waals surface area (Å²) in [6, 6.07) is 7.97. The van der Waals surface area contributed by atoms with E-state index in [2.05, 4.69) is 15.9 Å². The zero-order valence-electron chi connectivity index (χ0n) is 9.77. The standard InChI is InChI=1S/C12H17BrO3/c1-14-10-6-4-9(5-7-10)8-11(13)12(15-2)16-3/h4-7,11-12H,8H2,1-3H3. The van der Waals surface area contributed by atoms with E-state index in [9.17, 15) is 0 Å². The molecule has 1 aromatic carbocycles. The van der Waals surface area contributed by atoms with Crippen LogP contribution in [-0.4, -0.2) is 32.4 Å². The molecule has 1 aromatic rings. The second-order valence-electron chi connectivity index (χ2n) is 3.41. The molecule has 0 saturated heterocycles. The van der Waals surface area contributed by atoms with Crippen molar-refractivity contribution >= 4 is 15.9 Å². The Morgan fingerprint density at radius 2 is 1.62 bits per heavy atom.